The van der Waals surface area contributed by atoms with E-state index in [0.29, 0.717) is 6.54 Å². The van der Waals surface area contributed by atoms with E-state index in [1.54, 1.807) is 7.11 Å². The average Bonchev–Trinajstić information content (AvgIpc) is 2.37. The van der Waals surface area contributed by atoms with E-state index in [0.717, 1.165) is 19.3 Å². The normalized spacial score (nSPS) is 16.2. The lowest BCUT2D eigenvalue weighted by Crippen LogP contribution is -2.49. The molecule has 0 aliphatic heterocycles. The van der Waals surface area contributed by atoms with Crippen LogP contribution in [0.4, 0.5) is 11.4 Å². The number of amides is 1. The number of methoxy groups -OCH3 is 1. The van der Waals surface area contributed by atoms with Crippen molar-refractivity contribution in [1.82, 2.24) is 5.32 Å². The van der Waals surface area contributed by atoms with E-state index in [9.17, 15) is 14.9 Å². The third-order valence-electron chi connectivity index (χ3n) is 3.79. The van der Waals surface area contributed by atoms with Gasteiger partial charge >= 0.3 is 0 Å². The van der Waals surface area contributed by atoms with Crippen molar-refractivity contribution in [3.63, 3.8) is 0 Å². The summed E-state index contributed by atoms with van der Waals surface area (Å²) < 4.78 is 5.40. The fourth-order valence-electron chi connectivity index (χ4n) is 2.27. The number of nitrogens with one attached hydrogen (secondary N) is 1. The van der Waals surface area contributed by atoms with Gasteiger partial charge in [0, 0.05) is 19.7 Å². The fourth-order valence-corrected chi connectivity index (χ4v) is 2.27. The van der Waals surface area contributed by atoms with Gasteiger partial charge in [-0.25, -0.2) is 0 Å². The summed E-state index contributed by atoms with van der Waals surface area (Å²) in [4.78, 5) is 22.3. The number of nitrogen functional groups attached to an aromatic ring is 1. The lowest BCUT2D eigenvalue weighted by molar-refractivity contribution is -0.383. The van der Waals surface area contributed by atoms with Gasteiger partial charge in [0.25, 0.3) is 11.6 Å². The van der Waals surface area contributed by atoms with Crippen molar-refractivity contribution in [3.05, 3.63) is 33.9 Å². The first-order chi connectivity index (χ1) is 9.49. The lowest BCUT2D eigenvalue weighted by Gasteiger charge is -2.40. The molecule has 1 fully saturated rings. The van der Waals surface area contributed by atoms with Crippen LogP contribution >= 0.6 is 0 Å². The summed E-state index contributed by atoms with van der Waals surface area (Å²) in [6, 6.07) is 4.19. The first kappa shape index (κ1) is 14.3. The number of carbonyl (C=O) groups is 1. The number of nitro groups is 1. The first-order valence-electron chi connectivity index (χ1n) is 6.35. The summed E-state index contributed by atoms with van der Waals surface area (Å²) in [5.41, 5.74) is 5.11. The van der Waals surface area contributed by atoms with E-state index >= 15 is 0 Å². The summed E-state index contributed by atoms with van der Waals surface area (Å²) >= 11 is 0. The van der Waals surface area contributed by atoms with Crippen molar-refractivity contribution in [2.45, 2.75) is 24.9 Å². The Kier molecular flexibility index (Phi) is 3.89. The van der Waals surface area contributed by atoms with E-state index in [4.69, 9.17) is 10.5 Å². The topological polar surface area (TPSA) is 107 Å². The number of hydrogen-bond acceptors (Lipinski definition) is 5. The molecular weight excluding hydrogens is 262 g/mol. The zero-order valence-electron chi connectivity index (χ0n) is 11.2. The number of benzene rings is 1. The number of anilines is 1. The van der Waals surface area contributed by atoms with Crippen LogP contribution in [0.3, 0.4) is 0 Å². The Bertz CT molecular complexity index is 535. The fraction of sp³-hybridized carbons (Fsp3) is 0.462. The average molecular weight is 279 g/mol. The molecule has 0 radical (unpaired) electrons. The van der Waals surface area contributed by atoms with Gasteiger partial charge in [-0.15, -0.1) is 0 Å². The van der Waals surface area contributed by atoms with Crippen LogP contribution in [0, 0.1) is 10.1 Å². The van der Waals surface area contributed by atoms with Crippen molar-refractivity contribution in [2.24, 2.45) is 0 Å². The molecule has 1 saturated carbocycles. The summed E-state index contributed by atoms with van der Waals surface area (Å²) in [5, 5.41) is 13.5. The largest absolute Gasteiger partial charge is 0.393 e. The van der Waals surface area contributed by atoms with Gasteiger partial charge in [-0.2, -0.15) is 0 Å². The number of ether oxygens (including phenoxy) is 1. The smallest absolute Gasteiger partial charge is 0.292 e. The molecule has 2 rings (SSSR count). The highest BCUT2D eigenvalue weighted by Crippen LogP contribution is 2.34. The van der Waals surface area contributed by atoms with Gasteiger partial charge in [0.1, 0.15) is 5.69 Å². The van der Waals surface area contributed by atoms with E-state index in [1.807, 2.05) is 0 Å². The molecular formula is C13H17N3O4. The maximum absolute atomic E-state index is 12.1. The van der Waals surface area contributed by atoms with Crippen molar-refractivity contribution >= 4 is 17.3 Å². The molecule has 1 aliphatic carbocycles. The number of para-hydroxylation sites is 1. The maximum atomic E-state index is 12.1. The molecule has 0 aromatic heterocycles. The molecule has 1 aromatic rings. The van der Waals surface area contributed by atoms with Crippen molar-refractivity contribution < 1.29 is 14.5 Å². The molecule has 0 heterocycles. The third-order valence-corrected chi connectivity index (χ3v) is 3.79. The summed E-state index contributed by atoms with van der Waals surface area (Å²) in [5.74, 6) is -0.422. The lowest BCUT2D eigenvalue weighted by atomic mass is 9.80. The number of nitro benzene ring substituents is 1. The van der Waals surface area contributed by atoms with Gasteiger partial charge in [-0.3, -0.25) is 14.9 Å². The predicted octanol–water partition coefficient (Wildman–Crippen LogP) is 1.48. The highest BCUT2D eigenvalue weighted by Gasteiger charge is 2.37. The highest BCUT2D eigenvalue weighted by molar-refractivity contribution is 6.01. The molecule has 0 bridgehead atoms. The number of nitrogens with two attached hydrogens (primary N) is 1. The molecule has 0 spiro atoms. The van der Waals surface area contributed by atoms with Crippen molar-refractivity contribution in [1.29, 1.82) is 0 Å². The number of rotatable bonds is 5. The summed E-state index contributed by atoms with van der Waals surface area (Å²) in [7, 11) is 1.62. The Hall–Kier alpha value is -2.15. The van der Waals surface area contributed by atoms with E-state index < -0.39 is 10.8 Å². The van der Waals surface area contributed by atoms with Crippen LogP contribution in [0.2, 0.25) is 0 Å². The molecule has 1 aromatic carbocycles. The summed E-state index contributed by atoms with van der Waals surface area (Å²) in [6.45, 7) is 0.379. The monoisotopic (exact) mass is 279 g/mol. The van der Waals surface area contributed by atoms with Crippen LogP contribution < -0.4 is 11.1 Å². The van der Waals surface area contributed by atoms with Gasteiger partial charge in [-0.1, -0.05) is 6.07 Å². The van der Waals surface area contributed by atoms with Gasteiger partial charge in [0.15, 0.2) is 0 Å². The number of hydrogen-bond donors (Lipinski definition) is 2. The standard InChI is InChI=1S/C13H17N3O4/c1-20-13(6-3-7-13)8-15-12(17)9-4-2-5-10(11(9)14)16(18)19/h2,4-5H,3,6-8,14H2,1H3,(H,15,17). The SMILES string of the molecule is COC1(CNC(=O)c2cccc([N+](=O)[O-])c2N)CCC1. The highest BCUT2D eigenvalue weighted by atomic mass is 16.6. The predicted molar refractivity (Wildman–Crippen MR) is 73.4 cm³/mol. The molecule has 7 heteroatoms. The zero-order chi connectivity index (χ0) is 14.8. The van der Waals surface area contributed by atoms with E-state index in [-0.39, 0.29) is 22.5 Å². The molecule has 0 unspecified atom stereocenters. The van der Waals surface area contributed by atoms with E-state index in [1.165, 1.54) is 18.2 Å². The van der Waals surface area contributed by atoms with Crippen LogP contribution in [0.5, 0.6) is 0 Å². The second-order valence-electron chi connectivity index (χ2n) is 4.92. The summed E-state index contributed by atoms with van der Waals surface area (Å²) in [6.07, 6.45) is 2.87. The Labute approximate surface area is 116 Å². The molecule has 20 heavy (non-hydrogen) atoms. The number of carbonyl (C=O) groups excluding carboxylic acids is 1. The van der Waals surface area contributed by atoms with Gasteiger partial charge < -0.3 is 15.8 Å². The molecule has 3 N–H and O–H groups in total. The van der Waals surface area contributed by atoms with Crippen LogP contribution in [-0.2, 0) is 4.74 Å². The Morgan fingerprint density at radius 2 is 2.25 bits per heavy atom. The van der Waals surface area contributed by atoms with Crippen molar-refractivity contribution in [2.75, 3.05) is 19.4 Å². The van der Waals surface area contributed by atoms with Gasteiger partial charge in [-0.05, 0) is 25.3 Å². The first-order valence-corrected chi connectivity index (χ1v) is 6.35. The molecule has 7 nitrogen and oxygen atoms in total. The van der Waals surface area contributed by atoms with Crippen LogP contribution in [0.15, 0.2) is 18.2 Å². The Morgan fingerprint density at radius 3 is 2.75 bits per heavy atom. The van der Waals surface area contributed by atoms with Gasteiger partial charge in [0.05, 0.1) is 16.1 Å². The molecule has 0 saturated heterocycles. The minimum Gasteiger partial charge on any atom is -0.393 e. The second-order valence-corrected chi connectivity index (χ2v) is 4.92. The van der Waals surface area contributed by atoms with Crippen LogP contribution in [0.25, 0.3) is 0 Å². The molecule has 0 atom stereocenters. The van der Waals surface area contributed by atoms with Crippen molar-refractivity contribution in [3.8, 4) is 0 Å². The Morgan fingerprint density at radius 1 is 1.55 bits per heavy atom. The molecule has 1 aliphatic rings. The third kappa shape index (κ3) is 2.57. The van der Waals surface area contributed by atoms with Crippen LogP contribution in [0.1, 0.15) is 29.6 Å². The molecule has 1 amide bonds. The van der Waals surface area contributed by atoms with Gasteiger partial charge in [0.2, 0.25) is 0 Å². The zero-order valence-corrected chi connectivity index (χ0v) is 11.2. The second kappa shape index (κ2) is 5.46. The quantitative estimate of drug-likeness (QED) is 0.482. The van der Waals surface area contributed by atoms with Crippen LogP contribution in [-0.4, -0.2) is 30.1 Å². The maximum Gasteiger partial charge on any atom is 0.292 e. The number of nitrogens with zero attached hydrogens (tertiary/aromatic N) is 1. The minimum absolute atomic E-state index is 0.116. The minimum atomic E-state index is -0.602. The Balaban J connectivity index is 2.10. The molecule has 108 valence electrons. The van der Waals surface area contributed by atoms with E-state index in [2.05, 4.69) is 5.32 Å².